The van der Waals surface area contributed by atoms with Crippen LogP contribution in [0, 0.1) is 11.3 Å². The molecule has 0 heterocycles. The molecule has 0 aliphatic heterocycles. The molecule has 47 heavy (non-hydrogen) atoms. The van der Waals surface area contributed by atoms with Crippen molar-refractivity contribution < 1.29 is 32.3 Å². The Labute approximate surface area is 275 Å². The molecule has 12 nitrogen and oxygen atoms in total. The van der Waals surface area contributed by atoms with Crippen molar-refractivity contribution in [1.29, 1.82) is 0 Å². The predicted octanol–water partition coefficient (Wildman–Crippen LogP) is 3.49. The summed E-state index contributed by atoms with van der Waals surface area (Å²) in [6.07, 6.45) is 5.18. The van der Waals surface area contributed by atoms with Crippen LogP contribution in [0.1, 0.15) is 65.7 Å². The summed E-state index contributed by atoms with van der Waals surface area (Å²) in [5.41, 5.74) is -1.59. The number of hydrogen-bond donors (Lipinski definition) is 5. The van der Waals surface area contributed by atoms with Gasteiger partial charge in [-0.25, -0.2) is 13.2 Å². The Bertz CT molecular complexity index is 1650. The number of anilines is 1. The molecule has 0 spiro atoms. The second kappa shape index (κ2) is 13.5. The molecular formula is C34H45N5O7S. The number of fused-ring (bicyclic) bond motifs is 1. The standard InChI is InChI=1S/C34H45N5O7S/c1-5-23-19-34(23,31(42)39-47(44,45)26-16-17-26)38-29(40)27(20-35-24-15-14-21-10-6-7-11-22(21)18-24)36-30(41)28(33(2,3)4)37-32(43)46-25-12-8-9-13-25/h5-7,10-11,14-15,18,23,25-28,35H,1,8-9,12-13,16-17,19-20H2,2-4H3,(H,36,41)(H,37,43)(H,38,40)(H,39,42)/t23-,27+,28-,34-/m1/s1. The molecule has 0 radical (unpaired) electrons. The number of carbonyl (C=O) groups is 4. The van der Waals surface area contributed by atoms with Crippen LogP contribution in [0.4, 0.5) is 10.5 Å². The quantitative estimate of drug-likeness (QED) is 0.202. The first-order valence-corrected chi connectivity index (χ1v) is 17.8. The Kier molecular flexibility index (Phi) is 9.86. The van der Waals surface area contributed by atoms with E-state index in [4.69, 9.17) is 4.74 Å². The SMILES string of the molecule is C=C[C@@H]1C[C@]1(NC(=O)[C@H](CNc1ccc2ccccc2c1)NC(=O)[C@@H](NC(=O)OC1CCCC1)C(C)(C)C)C(=O)NS(=O)(=O)C1CC1. The van der Waals surface area contributed by atoms with E-state index in [2.05, 4.69) is 32.6 Å². The van der Waals surface area contributed by atoms with E-state index >= 15 is 0 Å². The van der Waals surface area contributed by atoms with Gasteiger partial charge in [0.2, 0.25) is 21.8 Å². The summed E-state index contributed by atoms with van der Waals surface area (Å²) in [7, 11) is -3.87. The summed E-state index contributed by atoms with van der Waals surface area (Å²) in [6.45, 7) is 9.03. The highest BCUT2D eigenvalue weighted by molar-refractivity contribution is 7.91. The largest absolute Gasteiger partial charge is 0.446 e. The number of nitrogens with one attached hydrogen (secondary N) is 5. The van der Waals surface area contributed by atoms with Gasteiger partial charge in [0.05, 0.1) is 5.25 Å². The van der Waals surface area contributed by atoms with Crippen molar-refractivity contribution in [2.24, 2.45) is 11.3 Å². The van der Waals surface area contributed by atoms with Gasteiger partial charge in [0.1, 0.15) is 23.7 Å². The molecule has 0 saturated heterocycles. The van der Waals surface area contributed by atoms with Crippen LogP contribution in [-0.2, 0) is 29.1 Å². The first-order valence-electron chi connectivity index (χ1n) is 16.2. The van der Waals surface area contributed by atoms with E-state index in [1.807, 2.05) is 42.5 Å². The average Bonchev–Trinajstić information content (AvgIpc) is 3.94. The van der Waals surface area contributed by atoms with Gasteiger partial charge in [-0.2, -0.15) is 0 Å². The number of carbonyl (C=O) groups excluding carboxylic acids is 4. The second-order valence-electron chi connectivity index (χ2n) is 13.9. The van der Waals surface area contributed by atoms with E-state index in [0.29, 0.717) is 18.5 Å². The van der Waals surface area contributed by atoms with Gasteiger partial charge in [-0.3, -0.25) is 19.1 Å². The molecule has 254 valence electrons. The summed E-state index contributed by atoms with van der Waals surface area (Å²) in [5, 5.41) is 12.8. The van der Waals surface area contributed by atoms with Crippen LogP contribution >= 0.6 is 0 Å². The van der Waals surface area contributed by atoms with Crippen molar-refractivity contribution in [3.63, 3.8) is 0 Å². The van der Waals surface area contributed by atoms with Crippen molar-refractivity contribution in [1.82, 2.24) is 20.7 Å². The van der Waals surface area contributed by atoms with Gasteiger partial charge >= 0.3 is 6.09 Å². The van der Waals surface area contributed by atoms with Crippen molar-refractivity contribution in [2.45, 2.75) is 94.7 Å². The highest BCUT2D eigenvalue weighted by Crippen LogP contribution is 2.45. The van der Waals surface area contributed by atoms with E-state index in [1.165, 1.54) is 6.08 Å². The monoisotopic (exact) mass is 667 g/mol. The highest BCUT2D eigenvalue weighted by Gasteiger charge is 2.61. The third-order valence-electron chi connectivity index (χ3n) is 9.11. The van der Waals surface area contributed by atoms with Crippen LogP contribution in [-0.4, -0.2) is 67.8 Å². The zero-order valence-electron chi connectivity index (χ0n) is 27.1. The minimum Gasteiger partial charge on any atom is -0.446 e. The number of rotatable bonds is 13. The lowest BCUT2D eigenvalue weighted by Gasteiger charge is -2.32. The molecule has 3 aliphatic rings. The first-order chi connectivity index (χ1) is 22.2. The highest BCUT2D eigenvalue weighted by atomic mass is 32.2. The molecule has 0 unspecified atom stereocenters. The average molecular weight is 668 g/mol. The normalized spacial score (nSPS) is 22.4. The van der Waals surface area contributed by atoms with Crippen LogP contribution in [0.3, 0.4) is 0 Å². The molecule has 3 fully saturated rings. The minimum atomic E-state index is -3.87. The lowest BCUT2D eigenvalue weighted by molar-refractivity contribution is -0.133. The van der Waals surface area contributed by atoms with Gasteiger partial charge in [0.15, 0.2) is 0 Å². The molecule has 2 aromatic rings. The number of alkyl carbamates (subject to hydrolysis) is 1. The number of amides is 4. The number of sulfonamides is 1. The Morgan fingerprint density at radius 2 is 1.66 bits per heavy atom. The molecule has 4 atom stereocenters. The predicted molar refractivity (Wildman–Crippen MR) is 179 cm³/mol. The fourth-order valence-corrected chi connectivity index (χ4v) is 7.36. The Hall–Kier alpha value is -4.13. The summed E-state index contributed by atoms with van der Waals surface area (Å²) < 4.78 is 32.8. The molecule has 5 rings (SSSR count). The van der Waals surface area contributed by atoms with E-state index in [9.17, 15) is 27.6 Å². The zero-order chi connectivity index (χ0) is 34.0. The lowest BCUT2D eigenvalue weighted by atomic mass is 9.86. The topological polar surface area (TPSA) is 172 Å². The molecule has 5 N–H and O–H groups in total. The van der Waals surface area contributed by atoms with Crippen LogP contribution in [0.25, 0.3) is 10.8 Å². The molecule has 3 saturated carbocycles. The van der Waals surface area contributed by atoms with E-state index in [1.54, 1.807) is 20.8 Å². The van der Waals surface area contributed by atoms with Gasteiger partial charge in [0, 0.05) is 18.2 Å². The fourth-order valence-electron chi connectivity index (χ4n) is 5.99. The third-order valence-corrected chi connectivity index (χ3v) is 10.9. The van der Waals surface area contributed by atoms with Gasteiger partial charge in [-0.05, 0) is 73.3 Å². The van der Waals surface area contributed by atoms with Crippen molar-refractivity contribution in [3.8, 4) is 0 Å². The molecule has 4 amide bonds. The smallest absolute Gasteiger partial charge is 0.408 e. The van der Waals surface area contributed by atoms with Crippen LogP contribution in [0.5, 0.6) is 0 Å². The molecule has 13 heteroatoms. The molecule has 2 aromatic carbocycles. The summed E-state index contributed by atoms with van der Waals surface area (Å²) >= 11 is 0. The van der Waals surface area contributed by atoms with Gasteiger partial charge in [-0.15, -0.1) is 6.58 Å². The first kappa shape index (κ1) is 34.2. The summed E-state index contributed by atoms with van der Waals surface area (Å²) in [6, 6.07) is 11.2. The maximum absolute atomic E-state index is 13.9. The van der Waals surface area contributed by atoms with Crippen LogP contribution in [0.15, 0.2) is 55.1 Å². The van der Waals surface area contributed by atoms with Gasteiger partial charge in [0.25, 0.3) is 5.91 Å². The van der Waals surface area contributed by atoms with Crippen molar-refractivity contribution in [2.75, 3.05) is 11.9 Å². The van der Waals surface area contributed by atoms with Crippen molar-refractivity contribution >= 4 is 50.3 Å². The van der Waals surface area contributed by atoms with Gasteiger partial charge < -0.3 is 26.0 Å². The molecular weight excluding hydrogens is 622 g/mol. The molecule has 0 aromatic heterocycles. The number of ether oxygens (including phenoxy) is 1. The number of benzene rings is 2. The summed E-state index contributed by atoms with van der Waals surface area (Å²) in [4.78, 5) is 53.8. The van der Waals surface area contributed by atoms with Crippen LogP contribution < -0.4 is 26.0 Å². The fraction of sp³-hybridized carbons (Fsp3) is 0.529. The maximum atomic E-state index is 13.9. The molecule has 0 bridgehead atoms. The Balaban J connectivity index is 1.35. The van der Waals surface area contributed by atoms with Crippen molar-refractivity contribution in [3.05, 3.63) is 55.1 Å². The zero-order valence-corrected chi connectivity index (χ0v) is 28.0. The molecule has 3 aliphatic carbocycles. The van der Waals surface area contributed by atoms with Gasteiger partial charge in [-0.1, -0.05) is 57.2 Å². The van der Waals surface area contributed by atoms with Crippen LogP contribution in [0.2, 0.25) is 0 Å². The third kappa shape index (κ3) is 8.24. The Morgan fingerprint density at radius 3 is 2.28 bits per heavy atom. The number of hydrogen-bond acceptors (Lipinski definition) is 8. The maximum Gasteiger partial charge on any atom is 0.408 e. The lowest BCUT2D eigenvalue weighted by Crippen LogP contribution is -2.62. The van der Waals surface area contributed by atoms with E-state index in [-0.39, 0.29) is 19.1 Å². The second-order valence-corrected chi connectivity index (χ2v) is 15.9. The summed E-state index contributed by atoms with van der Waals surface area (Å²) in [5.74, 6) is -2.65. The minimum absolute atomic E-state index is 0.0733. The van der Waals surface area contributed by atoms with E-state index < -0.39 is 68.0 Å². The van der Waals surface area contributed by atoms with E-state index in [0.717, 1.165) is 36.5 Å². The Morgan fingerprint density at radius 1 is 0.979 bits per heavy atom.